The highest BCUT2D eigenvalue weighted by Crippen LogP contribution is 1.91. The lowest BCUT2D eigenvalue weighted by Crippen LogP contribution is -2.11. The van der Waals surface area contributed by atoms with Crippen molar-refractivity contribution >= 4 is 18.3 Å². The maximum absolute atomic E-state index is 9.37. The topological polar surface area (TPSA) is 149 Å². The largest absolute Gasteiger partial charge is 0.397 e. The van der Waals surface area contributed by atoms with Crippen LogP contribution in [-0.4, -0.2) is 42.4 Å². The molecular weight excluding hydrogens is 240 g/mol. The van der Waals surface area contributed by atoms with Crippen LogP contribution in [0.5, 0.6) is 0 Å². The third-order valence-corrected chi connectivity index (χ3v) is 2.94. The Kier molecular flexibility index (Phi) is 7.24. The van der Waals surface area contributed by atoms with E-state index in [4.69, 9.17) is 19.3 Å². The van der Waals surface area contributed by atoms with Gasteiger partial charge < -0.3 is 10.2 Å². The van der Waals surface area contributed by atoms with Gasteiger partial charge in [0.2, 0.25) is 0 Å². The van der Waals surface area contributed by atoms with Crippen molar-refractivity contribution in [2.24, 2.45) is 0 Å². The van der Waals surface area contributed by atoms with Crippen LogP contribution in [0, 0.1) is 0 Å². The number of hydrogen-bond acceptors (Lipinski definition) is 6. The lowest BCUT2D eigenvalue weighted by Gasteiger charge is -1.94. The first-order chi connectivity index (χ1) is 6.02. The zero-order valence-corrected chi connectivity index (χ0v) is 8.86. The average molecular weight is 252 g/mol. The second-order valence-electron chi connectivity index (χ2n) is 2.12. The summed E-state index contributed by atoms with van der Waals surface area (Å²) in [6, 6.07) is 0. The number of rotatable bonds is 3. The lowest BCUT2D eigenvalue weighted by molar-refractivity contribution is -0.0453. The normalized spacial score (nSPS) is 12.1. The summed E-state index contributed by atoms with van der Waals surface area (Å²) in [6.45, 7) is 1.90. The van der Waals surface area contributed by atoms with Crippen LogP contribution in [-0.2, 0) is 18.3 Å². The van der Waals surface area contributed by atoms with Crippen LogP contribution in [0.25, 0.3) is 0 Å². The Morgan fingerprint density at radius 1 is 1.00 bits per heavy atom. The van der Waals surface area contributed by atoms with Gasteiger partial charge in [0.15, 0.2) is 6.29 Å². The summed E-state index contributed by atoms with van der Waals surface area (Å²) < 4.78 is 52.5. The van der Waals surface area contributed by atoms with Gasteiger partial charge in [-0.05, 0) is 6.42 Å². The maximum Gasteiger partial charge on any atom is 0.397 e. The molecule has 0 aliphatic rings. The molecule has 0 aromatic heterocycles. The van der Waals surface area contributed by atoms with Crippen molar-refractivity contribution in [3.05, 3.63) is 0 Å². The molecule has 0 aromatic rings. The van der Waals surface area contributed by atoms with Crippen molar-refractivity contribution in [3.63, 3.8) is 0 Å². The first kappa shape index (κ1) is 16.2. The van der Waals surface area contributed by atoms with Crippen LogP contribution in [0.2, 0.25) is 0 Å². The highest BCUT2D eigenvalue weighted by molar-refractivity contribution is 8.62. The summed E-state index contributed by atoms with van der Waals surface area (Å²) >= 11 is 0. The monoisotopic (exact) mass is 252 g/mol. The highest BCUT2D eigenvalue weighted by atomic mass is 33.2. The molecule has 0 aliphatic heterocycles. The average Bonchev–Trinajstić information content (AvgIpc) is 1.82. The van der Waals surface area contributed by atoms with Crippen molar-refractivity contribution in [1.29, 1.82) is 0 Å². The Hall–Kier alpha value is -0.260. The predicted octanol–water partition coefficient (Wildman–Crippen LogP) is -1.23. The van der Waals surface area contributed by atoms with Crippen molar-refractivity contribution in [2.45, 2.75) is 26.1 Å². The Labute approximate surface area is 81.1 Å². The fraction of sp³-hybridized carbons (Fsp3) is 1.00. The summed E-state index contributed by atoms with van der Waals surface area (Å²) in [5.41, 5.74) is 0. The quantitative estimate of drug-likeness (QED) is 0.277. The van der Waals surface area contributed by atoms with Crippen molar-refractivity contribution in [3.8, 4) is 0 Å². The van der Waals surface area contributed by atoms with E-state index in [-0.39, 0.29) is 0 Å². The molecule has 0 spiro atoms. The van der Waals surface area contributed by atoms with E-state index >= 15 is 0 Å². The van der Waals surface area contributed by atoms with E-state index in [1.165, 1.54) is 0 Å². The van der Waals surface area contributed by atoms with Gasteiger partial charge in [0, 0.05) is 0 Å². The zero-order valence-electron chi connectivity index (χ0n) is 7.23. The Bertz CT molecular complexity index is 294. The van der Waals surface area contributed by atoms with E-state index < -0.39 is 24.6 Å². The molecule has 0 radical (unpaired) electrons. The van der Waals surface area contributed by atoms with Gasteiger partial charge >= 0.3 is 18.3 Å². The zero-order chi connectivity index (χ0) is 12.0. The van der Waals surface area contributed by atoms with Gasteiger partial charge in [0.25, 0.3) is 0 Å². The first-order valence-corrected chi connectivity index (χ1v) is 6.73. The minimum absolute atomic E-state index is 0.486. The molecule has 0 aliphatic carbocycles. The molecule has 14 heavy (non-hydrogen) atoms. The second kappa shape index (κ2) is 6.27. The van der Waals surface area contributed by atoms with Gasteiger partial charge in [0.05, 0.1) is 0 Å². The van der Waals surface area contributed by atoms with Gasteiger partial charge in [0.1, 0.15) is 0 Å². The molecule has 4 N–H and O–H groups in total. The molecule has 0 fully saturated rings. The van der Waals surface area contributed by atoms with Crippen molar-refractivity contribution < 1.29 is 36.2 Å². The summed E-state index contributed by atoms with van der Waals surface area (Å²) in [5.74, 6) is 0. The van der Waals surface area contributed by atoms with Gasteiger partial charge in [-0.15, -0.1) is 0 Å². The number of aliphatic hydroxyl groups is 2. The summed E-state index contributed by atoms with van der Waals surface area (Å²) in [6.07, 6.45) is 0.215. The fourth-order valence-corrected chi connectivity index (χ4v) is 0.258. The molecule has 0 saturated carbocycles. The van der Waals surface area contributed by atoms with Gasteiger partial charge in [-0.2, -0.15) is 16.8 Å². The standard InChI is InChI=1S/C4H10O2.H2O6S2/c1-2-3-4(5)6;1-7(2,3)8(4,5)6/h4-6H,2-3H2,1H3;(H,1,2,3)(H,4,5,6). The van der Waals surface area contributed by atoms with E-state index in [0.29, 0.717) is 6.42 Å². The molecule has 0 atom stereocenters. The molecule has 88 valence electrons. The second-order valence-corrected chi connectivity index (χ2v) is 6.36. The number of aliphatic hydroxyl groups excluding tert-OH is 1. The van der Waals surface area contributed by atoms with Gasteiger partial charge in [-0.3, -0.25) is 9.11 Å². The third kappa shape index (κ3) is 9.83. The van der Waals surface area contributed by atoms with E-state index in [1.807, 2.05) is 6.92 Å². The Balaban J connectivity index is 0. The third-order valence-electron chi connectivity index (χ3n) is 0.813. The maximum atomic E-state index is 9.37. The van der Waals surface area contributed by atoms with Crippen molar-refractivity contribution in [2.75, 3.05) is 0 Å². The van der Waals surface area contributed by atoms with Crippen LogP contribution in [0.3, 0.4) is 0 Å². The molecule has 0 rings (SSSR count). The number of hydrogen-bond donors (Lipinski definition) is 4. The molecule has 0 heterocycles. The van der Waals surface area contributed by atoms with Crippen LogP contribution < -0.4 is 0 Å². The SMILES string of the molecule is CCCC(O)O.O=S(=O)(O)S(=O)(=O)O. The minimum Gasteiger partial charge on any atom is -0.368 e. The summed E-state index contributed by atoms with van der Waals surface area (Å²) in [4.78, 5) is 0. The van der Waals surface area contributed by atoms with E-state index in [2.05, 4.69) is 0 Å². The Morgan fingerprint density at radius 3 is 1.29 bits per heavy atom. The molecule has 0 unspecified atom stereocenters. The molecule has 0 aromatic carbocycles. The lowest BCUT2D eigenvalue weighted by atomic mass is 10.3. The van der Waals surface area contributed by atoms with E-state index in [1.54, 1.807) is 0 Å². The van der Waals surface area contributed by atoms with Crippen LogP contribution >= 0.6 is 0 Å². The van der Waals surface area contributed by atoms with Crippen LogP contribution in [0.15, 0.2) is 0 Å². The van der Waals surface area contributed by atoms with Crippen molar-refractivity contribution in [1.82, 2.24) is 0 Å². The molecule has 0 amide bonds. The van der Waals surface area contributed by atoms with Crippen LogP contribution in [0.1, 0.15) is 19.8 Å². The molecule has 10 heteroatoms. The Morgan fingerprint density at radius 2 is 1.29 bits per heavy atom. The molecule has 0 saturated heterocycles. The predicted molar refractivity (Wildman–Crippen MR) is 46.2 cm³/mol. The smallest absolute Gasteiger partial charge is 0.368 e. The van der Waals surface area contributed by atoms with E-state index in [9.17, 15) is 16.8 Å². The highest BCUT2D eigenvalue weighted by Gasteiger charge is 2.22. The summed E-state index contributed by atoms with van der Waals surface area (Å²) in [5, 5.41) is 16.2. The summed E-state index contributed by atoms with van der Waals surface area (Å²) in [7, 11) is -10.6. The molecule has 8 nitrogen and oxygen atoms in total. The molecule has 0 bridgehead atoms. The first-order valence-electron chi connectivity index (χ1n) is 3.33. The van der Waals surface area contributed by atoms with Gasteiger partial charge in [-0.1, -0.05) is 13.3 Å². The molecular formula is C4H12O8S2. The van der Waals surface area contributed by atoms with E-state index in [0.717, 1.165) is 6.42 Å². The fourth-order valence-electron chi connectivity index (χ4n) is 0.258. The van der Waals surface area contributed by atoms with Crippen LogP contribution in [0.4, 0.5) is 0 Å². The minimum atomic E-state index is -5.31. The van der Waals surface area contributed by atoms with Gasteiger partial charge in [-0.25, -0.2) is 0 Å².